The number of para-hydroxylation sites is 1. The summed E-state index contributed by atoms with van der Waals surface area (Å²) < 4.78 is 10.8. The summed E-state index contributed by atoms with van der Waals surface area (Å²) in [7, 11) is 3.27. The number of rotatable bonds is 4. The molecule has 2 heterocycles. The third kappa shape index (κ3) is 3.33. The van der Waals surface area contributed by atoms with E-state index >= 15 is 0 Å². The first kappa shape index (κ1) is 17.3. The van der Waals surface area contributed by atoms with E-state index in [4.69, 9.17) is 9.47 Å². The van der Waals surface area contributed by atoms with Gasteiger partial charge in [0, 0.05) is 24.7 Å². The van der Waals surface area contributed by atoms with Gasteiger partial charge in [-0.15, -0.1) is 0 Å². The smallest absolute Gasteiger partial charge is 0.227 e. The van der Waals surface area contributed by atoms with Crippen molar-refractivity contribution in [3.05, 3.63) is 65.4 Å². The molecule has 1 aromatic heterocycles. The van der Waals surface area contributed by atoms with Gasteiger partial charge in [0.1, 0.15) is 0 Å². The van der Waals surface area contributed by atoms with Crippen LogP contribution in [0, 0.1) is 0 Å². The van der Waals surface area contributed by atoms with Crippen LogP contribution in [0.1, 0.15) is 16.7 Å². The van der Waals surface area contributed by atoms with Gasteiger partial charge >= 0.3 is 0 Å². The van der Waals surface area contributed by atoms with Gasteiger partial charge in [0.2, 0.25) is 5.91 Å². The Kier molecular flexibility index (Phi) is 4.67. The lowest BCUT2D eigenvalue weighted by molar-refractivity contribution is -0.131. The number of methoxy groups -OCH3 is 2. The summed E-state index contributed by atoms with van der Waals surface area (Å²) in [4.78, 5) is 19.3. The van der Waals surface area contributed by atoms with E-state index in [0.717, 1.165) is 34.2 Å². The highest BCUT2D eigenvalue weighted by Crippen LogP contribution is 2.33. The molecule has 4 rings (SSSR count). The summed E-state index contributed by atoms with van der Waals surface area (Å²) in [6.45, 7) is 1.30. The predicted octanol–water partition coefficient (Wildman–Crippen LogP) is 3.38. The minimum atomic E-state index is 0.119. The molecule has 0 N–H and O–H groups in total. The van der Waals surface area contributed by atoms with E-state index in [1.54, 1.807) is 20.4 Å². The van der Waals surface area contributed by atoms with Crippen molar-refractivity contribution in [3.8, 4) is 11.5 Å². The summed E-state index contributed by atoms with van der Waals surface area (Å²) in [5.74, 6) is 1.55. The molecule has 1 aliphatic heterocycles. The lowest BCUT2D eigenvalue weighted by Gasteiger charge is -2.30. The monoisotopic (exact) mass is 362 g/mol. The molecule has 0 radical (unpaired) electrons. The fraction of sp³-hybridized carbons (Fsp3) is 0.273. The highest BCUT2D eigenvalue weighted by molar-refractivity contribution is 5.87. The van der Waals surface area contributed by atoms with Crippen LogP contribution >= 0.6 is 0 Å². The van der Waals surface area contributed by atoms with Gasteiger partial charge in [0.15, 0.2) is 11.5 Å². The SMILES string of the molecule is COc1cc2c(cc1OC)CN(C(=O)Cc1cccc3cccnc13)CC2. The fourth-order valence-electron chi connectivity index (χ4n) is 3.68. The molecule has 138 valence electrons. The number of hydrogen-bond acceptors (Lipinski definition) is 4. The molecule has 0 saturated heterocycles. The van der Waals surface area contributed by atoms with E-state index < -0.39 is 0 Å². The minimum Gasteiger partial charge on any atom is -0.493 e. The van der Waals surface area contributed by atoms with Gasteiger partial charge in [-0.1, -0.05) is 24.3 Å². The summed E-state index contributed by atoms with van der Waals surface area (Å²) in [6, 6.07) is 13.9. The van der Waals surface area contributed by atoms with E-state index in [-0.39, 0.29) is 5.91 Å². The second kappa shape index (κ2) is 7.27. The molecule has 0 unspecified atom stereocenters. The summed E-state index contributed by atoms with van der Waals surface area (Å²) >= 11 is 0. The fourth-order valence-corrected chi connectivity index (χ4v) is 3.68. The average molecular weight is 362 g/mol. The number of pyridine rings is 1. The van der Waals surface area contributed by atoms with E-state index in [2.05, 4.69) is 4.98 Å². The zero-order chi connectivity index (χ0) is 18.8. The normalized spacial score (nSPS) is 13.3. The van der Waals surface area contributed by atoms with Crippen LogP contribution in [0.4, 0.5) is 0 Å². The van der Waals surface area contributed by atoms with Gasteiger partial charge in [-0.05, 0) is 41.3 Å². The molecule has 5 nitrogen and oxygen atoms in total. The number of amides is 1. The third-order valence-corrected chi connectivity index (χ3v) is 5.13. The quantitative estimate of drug-likeness (QED) is 0.714. The molecule has 1 amide bonds. The summed E-state index contributed by atoms with van der Waals surface area (Å²) in [5.41, 5.74) is 4.19. The van der Waals surface area contributed by atoms with E-state index in [0.29, 0.717) is 25.3 Å². The van der Waals surface area contributed by atoms with Crippen molar-refractivity contribution in [1.82, 2.24) is 9.88 Å². The van der Waals surface area contributed by atoms with Crippen LogP contribution in [0.15, 0.2) is 48.7 Å². The molecular formula is C22H22N2O3. The van der Waals surface area contributed by atoms with Crippen molar-refractivity contribution in [2.45, 2.75) is 19.4 Å². The van der Waals surface area contributed by atoms with Gasteiger partial charge in [0.25, 0.3) is 0 Å². The van der Waals surface area contributed by atoms with E-state index in [1.165, 1.54) is 5.56 Å². The predicted molar refractivity (Wildman–Crippen MR) is 104 cm³/mol. The Hall–Kier alpha value is -3.08. The lowest BCUT2D eigenvalue weighted by Crippen LogP contribution is -2.37. The van der Waals surface area contributed by atoms with Crippen LogP contribution in [-0.2, 0) is 24.2 Å². The lowest BCUT2D eigenvalue weighted by atomic mass is 9.98. The van der Waals surface area contributed by atoms with Crippen LogP contribution in [0.25, 0.3) is 10.9 Å². The molecular weight excluding hydrogens is 340 g/mol. The average Bonchev–Trinajstić information content (AvgIpc) is 2.72. The molecule has 0 fully saturated rings. The number of hydrogen-bond donors (Lipinski definition) is 0. The molecule has 3 aromatic rings. The van der Waals surface area contributed by atoms with Crippen molar-refractivity contribution >= 4 is 16.8 Å². The van der Waals surface area contributed by atoms with E-state index in [9.17, 15) is 4.79 Å². The first-order valence-electron chi connectivity index (χ1n) is 9.04. The minimum absolute atomic E-state index is 0.119. The second-order valence-electron chi connectivity index (χ2n) is 6.71. The molecule has 27 heavy (non-hydrogen) atoms. The van der Waals surface area contributed by atoms with Crippen LogP contribution < -0.4 is 9.47 Å². The van der Waals surface area contributed by atoms with Crippen molar-refractivity contribution in [3.63, 3.8) is 0 Å². The molecule has 2 aromatic carbocycles. The number of benzene rings is 2. The standard InChI is InChI=1S/C22H22N2O3/c1-26-19-11-16-8-10-24(14-18(16)12-20(19)27-2)21(25)13-17-6-3-5-15-7-4-9-23-22(15)17/h3-7,9,11-12H,8,10,13-14H2,1-2H3. The zero-order valence-corrected chi connectivity index (χ0v) is 15.6. The Balaban J connectivity index is 1.56. The largest absolute Gasteiger partial charge is 0.493 e. The number of nitrogens with zero attached hydrogens (tertiary/aromatic N) is 2. The number of carbonyl (C=O) groups is 1. The summed E-state index contributed by atoms with van der Waals surface area (Å²) in [5, 5.41) is 1.06. The van der Waals surface area contributed by atoms with Crippen molar-refractivity contribution < 1.29 is 14.3 Å². The molecule has 0 aliphatic carbocycles. The molecule has 0 bridgehead atoms. The second-order valence-corrected chi connectivity index (χ2v) is 6.71. The van der Waals surface area contributed by atoms with Gasteiger partial charge in [-0.25, -0.2) is 0 Å². The van der Waals surface area contributed by atoms with Crippen molar-refractivity contribution in [2.24, 2.45) is 0 Å². The van der Waals surface area contributed by atoms with Gasteiger partial charge in [-0.3, -0.25) is 9.78 Å². The number of fused-ring (bicyclic) bond motifs is 2. The third-order valence-electron chi connectivity index (χ3n) is 5.13. The van der Waals surface area contributed by atoms with Crippen LogP contribution in [0.2, 0.25) is 0 Å². The maximum absolute atomic E-state index is 12.9. The number of aromatic nitrogens is 1. The molecule has 0 spiro atoms. The van der Waals surface area contributed by atoms with Crippen molar-refractivity contribution in [1.29, 1.82) is 0 Å². The van der Waals surface area contributed by atoms with Gasteiger partial charge < -0.3 is 14.4 Å². The Labute approximate surface area is 158 Å². The maximum Gasteiger partial charge on any atom is 0.227 e. The topological polar surface area (TPSA) is 51.7 Å². The van der Waals surface area contributed by atoms with Crippen LogP contribution in [-0.4, -0.2) is 36.6 Å². The highest BCUT2D eigenvalue weighted by Gasteiger charge is 2.23. The first-order valence-corrected chi connectivity index (χ1v) is 9.04. The van der Waals surface area contributed by atoms with Gasteiger partial charge in [-0.2, -0.15) is 0 Å². The Morgan fingerprint density at radius 2 is 1.81 bits per heavy atom. The maximum atomic E-state index is 12.9. The number of carbonyl (C=O) groups excluding carboxylic acids is 1. The first-order chi connectivity index (χ1) is 13.2. The number of ether oxygens (including phenoxy) is 2. The molecule has 0 atom stereocenters. The zero-order valence-electron chi connectivity index (χ0n) is 15.6. The van der Waals surface area contributed by atoms with E-state index in [1.807, 2.05) is 47.4 Å². The Morgan fingerprint density at radius 1 is 1.07 bits per heavy atom. The molecule has 1 aliphatic rings. The molecule has 5 heteroatoms. The Bertz CT molecular complexity index is 995. The highest BCUT2D eigenvalue weighted by atomic mass is 16.5. The van der Waals surface area contributed by atoms with Crippen LogP contribution in [0.3, 0.4) is 0 Å². The van der Waals surface area contributed by atoms with Crippen LogP contribution in [0.5, 0.6) is 11.5 Å². The molecule has 0 saturated carbocycles. The Morgan fingerprint density at radius 3 is 2.59 bits per heavy atom. The van der Waals surface area contributed by atoms with Crippen molar-refractivity contribution in [2.75, 3.05) is 20.8 Å². The summed E-state index contributed by atoms with van der Waals surface area (Å²) in [6.07, 6.45) is 2.94. The van der Waals surface area contributed by atoms with Gasteiger partial charge in [0.05, 0.1) is 26.2 Å².